The molecule has 17 heavy (non-hydrogen) atoms. The van der Waals surface area contributed by atoms with Crippen LogP contribution in [0.15, 0.2) is 0 Å². The Morgan fingerprint density at radius 1 is 1.35 bits per heavy atom. The molecule has 1 heterocycles. The molecule has 1 fully saturated rings. The largest absolute Gasteiger partial charge is 0.462 e. The van der Waals surface area contributed by atoms with E-state index in [-0.39, 0.29) is 5.60 Å². The summed E-state index contributed by atoms with van der Waals surface area (Å²) in [4.78, 5) is 14.5. The quantitative estimate of drug-likeness (QED) is 0.708. The first-order valence-electron chi connectivity index (χ1n) is 6.41. The summed E-state index contributed by atoms with van der Waals surface area (Å²) < 4.78 is 4.55. The van der Waals surface area contributed by atoms with E-state index in [1.54, 1.807) is 0 Å². The van der Waals surface area contributed by atoms with Crippen LogP contribution in [0.1, 0.15) is 41.0 Å². The van der Waals surface area contributed by atoms with Gasteiger partial charge in [-0.15, -0.1) is 0 Å². The van der Waals surface area contributed by atoms with Crippen molar-refractivity contribution in [3.63, 3.8) is 0 Å². The summed E-state index contributed by atoms with van der Waals surface area (Å²) >= 11 is 0. The molecule has 1 aliphatic rings. The van der Waals surface area contributed by atoms with E-state index in [1.807, 2.05) is 20.8 Å². The Morgan fingerprint density at radius 2 is 1.88 bits per heavy atom. The molecule has 0 aromatic rings. The van der Waals surface area contributed by atoms with E-state index >= 15 is 0 Å². The van der Waals surface area contributed by atoms with Gasteiger partial charge in [-0.05, 0) is 47.3 Å². The highest BCUT2D eigenvalue weighted by Crippen LogP contribution is 2.17. The molecule has 102 valence electrons. The lowest BCUT2D eigenvalue weighted by Gasteiger charge is -2.44. The van der Waals surface area contributed by atoms with E-state index in [0.717, 1.165) is 6.17 Å². The first-order chi connectivity index (χ1) is 7.85. The maximum Gasteiger partial charge on any atom is 0.293 e. The number of rotatable bonds is 4. The second-order valence-electron chi connectivity index (χ2n) is 5.30. The average molecular weight is 244 g/mol. The van der Waals surface area contributed by atoms with Crippen molar-refractivity contribution in [3.8, 4) is 0 Å². The molecule has 0 bridgehead atoms. The summed E-state index contributed by atoms with van der Waals surface area (Å²) in [6.45, 7) is 14.0. The summed E-state index contributed by atoms with van der Waals surface area (Å²) in [6.07, 6.45) is 2.10. The molecule has 1 unspecified atom stereocenters. The minimum Gasteiger partial charge on any atom is -0.462 e. The van der Waals surface area contributed by atoms with E-state index in [2.05, 4.69) is 35.4 Å². The third kappa shape index (κ3) is 6.64. The van der Waals surface area contributed by atoms with Crippen LogP contribution in [0.2, 0.25) is 0 Å². The van der Waals surface area contributed by atoms with Gasteiger partial charge in [0.25, 0.3) is 6.47 Å². The highest BCUT2D eigenvalue weighted by atomic mass is 16.5. The summed E-state index contributed by atoms with van der Waals surface area (Å²) in [5.74, 6) is 0. The summed E-state index contributed by atoms with van der Waals surface area (Å²) in [5.41, 5.74) is -0.318. The van der Waals surface area contributed by atoms with Gasteiger partial charge in [-0.25, -0.2) is 0 Å². The molecule has 0 N–H and O–H groups in total. The molecule has 0 aromatic heterocycles. The molecular formula is C13H28N2O2. The van der Waals surface area contributed by atoms with Crippen molar-refractivity contribution in [2.45, 2.75) is 52.8 Å². The zero-order chi connectivity index (χ0) is 13.5. The predicted octanol–water partition coefficient (Wildman–Crippen LogP) is 1.95. The van der Waals surface area contributed by atoms with Gasteiger partial charge in [-0.3, -0.25) is 14.6 Å². The molecule has 0 saturated carbocycles. The van der Waals surface area contributed by atoms with Crippen LogP contribution in [-0.2, 0) is 9.53 Å². The van der Waals surface area contributed by atoms with Gasteiger partial charge in [0, 0.05) is 6.54 Å². The van der Waals surface area contributed by atoms with Crippen LogP contribution < -0.4 is 0 Å². The fraction of sp³-hybridized carbons (Fsp3) is 0.923. The molecule has 1 saturated heterocycles. The topological polar surface area (TPSA) is 32.8 Å². The number of hydrogen-bond donors (Lipinski definition) is 0. The third-order valence-electron chi connectivity index (χ3n) is 2.88. The predicted molar refractivity (Wildman–Crippen MR) is 70.9 cm³/mol. The maximum atomic E-state index is 9.60. The highest BCUT2D eigenvalue weighted by Gasteiger charge is 2.27. The Balaban J connectivity index is 0.000000325. The Hall–Kier alpha value is -0.610. The van der Waals surface area contributed by atoms with Gasteiger partial charge in [-0.1, -0.05) is 13.8 Å². The van der Waals surface area contributed by atoms with Crippen LogP contribution in [0.25, 0.3) is 0 Å². The molecule has 0 aliphatic carbocycles. The third-order valence-corrected chi connectivity index (χ3v) is 2.88. The number of hydrogen-bond acceptors (Lipinski definition) is 4. The van der Waals surface area contributed by atoms with Crippen LogP contribution in [-0.4, -0.2) is 54.7 Å². The molecule has 0 radical (unpaired) electrons. The summed E-state index contributed by atoms with van der Waals surface area (Å²) in [5, 5.41) is 0. The van der Waals surface area contributed by atoms with Crippen molar-refractivity contribution in [3.05, 3.63) is 0 Å². The lowest BCUT2D eigenvalue weighted by molar-refractivity contribution is -0.138. The standard InChI is InChI=1S/C8H18N2.C5H10O2/c1-4-10(5-2)8-6-7-9(8)3;1-5(2,3)7-4-6/h8H,4-7H2,1-3H3;4H,1-3H3. The first-order valence-corrected chi connectivity index (χ1v) is 6.41. The van der Waals surface area contributed by atoms with Gasteiger partial charge in [0.05, 0.1) is 6.17 Å². The number of likely N-dealkylation sites (tertiary alicyclic amines) is 1. The molecular weight excluding hydrogens is 216 g/mol. The minimum absolute atomic E-state index is 0.318. The fourth-order valence-electron chi connectivity index (χ4n) is 1.75. The monoisotopic (exact) mass is 244 g/mol. The molecule has 0 aromatic carbocycles. The van der Waals surface area contributed by atoms with Gasteiger partial charge < -0.3 is 4.74 Å². The van der Waals surface area contributed by atoms with E-state index in [9.17, 15) is 4.79 Å². The van der Waals surface area contributed by atoms with Crippen molar-refractivity contribution < 1.29 is 9.53 Å². The van der Waals surface area contributed by atoms with Crippen molar-refractivity contribution in [2.24, 2.45) is 0 Å². The SMILES string of the molecule is CC(C)(C)OC=O.CCN(CC)C1CCN1C. The Labute approximate surface area is 106 Å². The molecule has 1 atom stereocenters. The Bertz CT molecular complexity index is 207. The van der Waals surface area contributed by atoms with E-state index < -0.39 is 0 Å². The van der Waals surface area contributed by atoms with Crippen LogP contribution in [0, 0.1) is 0 Å². The fourth-order valence-corrected chi connectivity index (χ4v) is 1.75. The van der Waals surface area contributed by atoms with E-state index in [4.69, 9.17) is 0 Å². The summed E-state index contributed by atoms with van der Waals surface area (Å²) in [7, 11) is 2.20. The molecule has 1 rings (SSSR count). The zero-order valence-electron chi connectivity index (χ0n) is 12.2. The average Bonchev–Trinajstić information content (AvgIpc) is 2.22. The van der Waals surface area contributed by atoms with Crippen molar-refractivity contribution >= 4 is 6.47 Å². The smallest absolute Gasteiger partial charge is 0.293 e. The molecule has 1 aliphatic heterocycles. The number of nitrogens with zero attached hydrogens (tertiary/aromatic N) is 2. The number of carbonyl (C=O) groups excluding carboxylic acids is 1. The normalized spacial score (nSPS) is 20.3. The Kier molecular flexibility index (Phi) is 7.39. The lowest BCUT2D eigenvalue weighted by Crippen LogP contribution is -2.55. The van der Waals surface area contributed by atoms with Gasteiger partial charge >= 0.3 is 0 Å². The van der Waals surface area contributed by atoms with Crippen LogP contribution in [0.4, 0.5) is 0 Å². The van der Waals surface area contributed by atoms with E-state index in [0.29, 0.717) is 6.47 Å². The van der Waals surface area contributed by atoms with Crippen molar-refractivity contribution in [1.82, 2.24) is 9.80 Å². The Morgan fingerprint density at radius 3 is 1.94 bits per heavy atom. The lowest BCUT2D eigenvalue weighted by atomic mass is 10.1. The van der Waals surface area contributed by atoms with Crippen molar-refractivity contribution in [1.29, 1.82) is 0 Å². The second kappa shape index (κ2) is 7.67. The first kappa shape index (κ1) is 16.4. The molecule has 4 heteroatoms. The van der Waals surface area contributed by atoms with Crippen molar-refractivity contribution in [2.75, 3.05) is 26.7 Å². The molecule has 4 nitrogen and oxygen atoms in total. The van der Waals surface area contributed by atoms with E-state index in [1.165, 1.54) is 26.1 Å². The number of ether oxygens (including phenoxy) is 1. The second-order valence-corrected chi connectivity index (χ2v) is 5.30. The van der Waals surface area contributed by atoms with Gasteiger partial charge in [0.2, 0.25) is 0 Å². The zero-order valence-corrected chi connectivity index (χ0v) is 12.2. The molecule has 0 spiro atoms. The van der Waals surface area contributed by atoms with Gasteiger partial charge in [0.15, 0.2) is 0 Å². The van der Waals surface area contributed by atoms with Gasteiger partial charge in [-0.2, -0.15) is 0 Å². The maximum absolute atomic E-state index is 9.60. The highest BCUT2D eigenvalue weighted by molar-refractivity contribution is 5.37. The van der Waals surface area contributed by atoms with Crippen LogP contribution in [0.3, 0.4) is 0 Å². The number of carbonyl (C=O) groups is 1. The van der Waals surface area contributed by atoms with Crippen LogP contribution in [0.5, 0.6) is 0 Å². The molecule has 0 amide bonds. The summed E-state index contributed by atoms with van der Waals surface area (Å²) in [6, 6.07) is 0. The van der Waals surface area contributed by atoms with Crippen LogP contribution >= 0.6 is 0 Å². The van der Waals surface area contributed by atoms with Gasteiger partial charge in [0.1, 0.15) is 5.60 Å². The minimum atomic E-state index is -0.318.